The lowest BCUT2D eigenvalue weighted by molar-refractivity contribution is -0.128. The zero-order valence-electron chi connectivity index (χ0n) is 15.9. The van der Waals surface area contributed by atoms with Crippen LogP contribution in [0.15, 0.2) is 73.1 Å². The van der Waals surface area contributed by atoms with E-state index in [1.54, 1.807) is 36.5 Å². The lowest BCUT2D eigenvalue weighted by Crippen LogP contribution is -2.37. The summed E-state index contributed by atoms with van der Waals surface area (Å²) >= 11 is 0. The Labute approximate surface area is 171 Å². The van der Waals surface area contributed by atoms with Crippen molar-refractivity contribution in [3.05, 3.63) is 78.9 Å². The van der Waals surface area contributed by atoms with E-state index in [4.69, 9.17) is 4.84 Å². The Hall–Kier alpha value is -4.20. The van der Waals surface area contributed by atoms with Gasteiger partial charge in [0.05, 0.1) is 17.6 Å². The lowest BCUT2D eigenvalue weighted by Gasteiger charge is -2.18. The number of hydrogen-bond donors (Lipinski definition) is 1. The van der Waals surface area contributed by atoms with Crippen LogP contribution in [0.3, 0.4) is 0 Å². The molecule has 2 aromatic heterocycles. The van der Waals surface area contributed by atoms with E-state index in [2.05, 4.69) is 10.3 Å². The summed E-state index contributed by atoms with van der Waals surface area (Å²) in [5.41, 5.74) is 4.47. The molecule has 0 saturated carbocycles. The maximum absolute atomic E-state index is 13.2. The summed E-state index contributed by atoms with van der Waals surface area (Å²) in [6.07, 6.45) is 3.59. The Morgan fingerprint density at radius 3 is 2.63 bits per heavy atom. The molecule has 1 N–H and O–H groups in total. The van der Waals surface area contributed by atoms with Gasteiger partial charge in [-0.05, 0) is 47.5 Å². The summed E-state index contributed by atoms with van der Waals surface area (Å²) in [7, 11) is 1.44. The van der Waals surface area contributed by atoms with E-state index < -0.39 is 6.03 Å². The van der Waals surface area contributed by atoms with Crippen LogP contribution in [0.25, 0.3) is 28.0 Å². The minimum Gasteiger partial charge on any atom is -0.338 e. The molecule has 150 valence electrons. The number of pyridine rings is 1. The van der Waals surface area contributed by atoms with Gasteiger partial charge in [-0.2, -0.15) is 0 Å². The summed E-state index contributed by atoms with van der Waals surface area (Å²) in [6, 6.07) is 16.5. The van der Waals surface area contributed by atoms with Gasteiger partial charge >= 0.3 is 12.5 Å². The Morgan fingerprint density at radius 2 is 1.90 bits per heavy atom. The van der Waals surface area contributed by atoms with Crippen molar-refractivity contribution in [2.75, 3.05) is 12.1 Å². The summed E-state index contributed by atoms with van der Waals surface area (Å²) < 4.78 is 15.1. The molecule has 2 amide bonds. The van der Waals surface area contributed by atoms with Crippen molar-refractivity contribution in [3.63, 3.8) is 0 Å². The third kappa shape index (κ3) is 3.58. The molecular weight excluding hydrogens is 387 g/mol. The topological polar surface area (TPSA) is 75.9 Å². The smallest absolute Gasteiger partial charge is 0.338 e. The number of hydrogen-bond acceptors (Lipinski definition) is 4. The van der Waals surface area contributed by atoms with Gasteiger partial charge in [0.25, 0.3) is 0 Å². The van der Waals surface area contributed by atoms with Crippen molar-refractivity contribution in [1.29, 1.82) is 0 Å². The molecule has 8 heteroatoms. The van der Waals surface area contributed by atoms with E-state index in [0.29, 0.717) is 11.3 Å². The largest absolute Gasteiger partial charge is 0.355 e. The number of imidazole rings is 1. The van der Waals surface area contributed by atoms with Gasteiger partial charge in [0.1, 0.15) is 11.5 Å². The van der Waals surface area contributed by atoms with E-state index in [1.165, 1.54) is 19.2 Å². The Balaban J connectivity index is 1.72. The predicted octanol–water partition coefficient (Wildman–Crippen LogP) is 4.04. The quantitative estimate of drug-likeness (QED) is 0.402. The number of carbonyl (C=O) groups is 2. The number of anilines is 1. The van der Waals surface area contributed by atoms with Crippen molar-refractivity contribution in [1.82, 2.24) is 14.7 Å². The van der Waals surface area contributed by atoms with Gasteiger partial charge in [-0.25, -0.2) is 14.2 Å². The number of benzene rings is 2. The van der Waals surface area contributed by atoms with Crippen LogP contribution < -0.4 is 10.4 Å². The highest BCUT2D eigenvalue weighted by molar-refractivity contribution is 5.91. The average molecular weight is 404 g/mol. The van der Waals surface area contributed by atoms with Crippen molar-refractivity contribution >= 4 is 23.8 Å². The number of hydroxylamine groups is 1. The molecular formula is C22H17FN4O3. The Morgan fingerprint density at radius 1 is 1.10 bits per heavy atom. The van der Waals surface area contributed by atoms with Crippen LogP contribution in [0.4, 0.5) is 14.9 Å². The summed E-state index contributed by atoms with van der Waals surface area (Å²) in [5, 5.41) is 3.29. The zero-order valence-corrected chi connectivity index (χ0v) is 15.9. The highest BCUT2D eigenvalue weighted by Gasteiger charge is 2.17. The van der Waals surface area contributed by atoms with Crippen LogP contribution in [0.1, 0.15) is 0 Å². The molecule has 2 aromatic carbocycles. The number of nitrogens with zero attached hydrogens (tertiary/aromatic N) is 3. The second-order valence-corrected chi connectivity index (χ2v) is 6.40. The first-order chi connectivity index (χ1) is 14.6. The van der Waals surface area contributed by atoms with Crippen LogP contribution in [0.5, 0.6) is 0 Å². The fourth-order valence-corrected chi connectivity index (χ4v) is 3.18. The fraction of sp³-hybridized carbons (Fsp3) is 0.0455. The minimum absolute atomic E-state index is 0.188. The minimum atomic E-state index is -0.582. The zero-order chi connectivity index (χ0) is 21.1. The SMILES string of the molecule is CNC(=O)N(OC=O)c1cccc(-c2cnc3cc(-c4ccc(F)cc4)ccn23)c1. The molecule has 0 aliphatic rings. The fourth-order valence-electron chi connectivity index (χ4n) is 3.18. The molecule has 0 aliphatic carbocycles. The van der Waals surface area contributed by atoms with E-state index in [0.717, 1.165) is 27.4 Å². The van der Waals surface area contributed by atoms with Crippen LogP contribution in [0.2, 0.25) is 0 Å². The first kappa shape index (κ1) is 19.1. The molecule has 0 bridgehead atoms. The second kappa shape index (κ2) is 8.04. The Kier molecular flexibility index (Phi) is 5.13. The molecule has 30 heavy (non-hydrogen) atoms. The number of urea groups is 1. The van der Waals surface area contributed by atoms with Gasteiger partial charge in [-0.3, -0.25) is 9.20 Å². The number of aromatic nitrogens is 2. The molecule has 4 aromatic rings. The van der Waals surface area contributed by atoms with E-state index in [1.807, 2.05) is 28.8 Å². The number of amides is 2. The van der Waals surface area contributed by atoms with Gasteiger partial charge in [0.2, 0.25) is 0 Å². The highest BCUT2D eigenvalue weighted by atomic mass is 19.1. The maximum atomic E-state index is 13.2. The molecule has 0 radical (unpaired) electrons. The average Bonchev–Trinajstić information content (AvgIpc) is 3.21. The van der Waals surface area contributed by atoms with Crippen molar-refractivity contribution in [2.24, 2.45) is 0 Å². The standard InChI is InChI=1S/C22H17FN4O3/c1-24-22(29)27(30-14-28)19-4-2-3-17(11-19)20-13-25-21-12-16(9-10-26(20)21)15-5-7-18(23)8-6-15/h2-14H,1H3,(H,24,29). The number of halogens is 1. The monoisotopic (exact) mass is 404 g/mol. The van der Waals surface area contributed by atoms with Crippen molar-refractivity contribution in [2.45, 2.75) is 0 Å². The number of carbonyl (C=O) groups excluding carboxylic acids is 2. The summed E-state index contributed by atoms with van der Waals surface area (Å²) in [6.45, 7) is 0.188. The molecule has 0 aliphatic heterocycles. The Bertz CT molecular complexity index is 1220. The third-order valence-corrected chi connectivity index (χ3v) is 4.61. The molecule has 0 unspecified atom stereocenters. The maximum Gasteiger partial charge on any atom is 0.355 e. The lowest BCUT2D eigenvalue weighted by atomic mass is 10.1. The van der Waals surface area contributed by atoms with Crippen LogP contribution in [-0.4, -0.2) is 28.9 Å². The molecule has 2 heterocycles. The van der Waals surface area contributed by atoms with Crippen LogP contribution in [-0.2, 0) is 9.63 Å². The van der Waals surface area contributed by atoms with Crippen LogP contribution >= 0.6 is 0 Å². The van der Waals surface area contributed by atoms with Gasteiger partial charge in [-0.15, -0.1) is 5.06 Å². The molecule has 0 atom stereocenters. The van der Waals surface area contributed by atoms with E-state index in [9.17, 15) is 14.0 Å². The van der Waals surface area contributed by atoms with Gasteiger partial charge in [0.15, 0.2) is 0 Å². The molecule has 4 rings (SSSR count). The number of fused-ring (bicyclic) bond motifs is 1. The molecule has 7 nitrogen and oxygen atoms in total. The predicted molar refractivity (Wildman–Crippen MR) is 110 cm³/mol. The highest BCUT2D eigenvalue weighted by Crippen LogP contribution is 2.28. The summed E-state index contributed by atoms with van der Waals surface area (Å²) in [5.74, 6) is -0.285. The van der Waals surface area contributed by atoms with Crippen molar-refractivity contribution < 1.29 is 18.8 Å². The van der Waals surface area contributed by atoms with E-state index >= 15 is 0 Å². The summed E-state index contributed by atoms with van der Waals surface area (Å²) in [4.78, 5) is 32.1. The van der Waals surface area contributed by atoms with Crippen molar-refractivity contribution in [3.8, 4) is 22.4 Å². The van der Waals surface area contributed by atoms with Gasteiger partial charge < -0.3 is 10.2 Å². The number of nitrogens with one attached hydrogen (secondary N) is 1. The number of rotatable bonds is 5. The first-order valence-corrected chi connectivity index (χ1v) is 9.06. The molecule has 0 saturated heterocycles. The second-order valence-electron chi connectivity index (χ2n) is 6.40. The molecule has 0 fully saturated rings. The van der Waals surface area contributed by atoms with E-state index in [-0.39, 0.29) is 12.3 Å². The first-order valence-electron chi connectivity index (χ1n) is 9.06. The molecule has 0 spiro atoms. The normalized spacial score (nSPS) is 10.6. The van der Waals surface area contributed by atoms with Crippen LogP contribution in [0, 0.1) is 5.82 Å². The van der Waals surface area contributed by atoms with Gasteiger partial charge in [0, 0.05) is 18.8 Å². The van der Waals surface area contributed by atoms with Gasteiger partial charge in [-0.1, -0.05) is 24.3 Å². The third-order valence-electron chi connectivity index (χ3n) is 4.61.